The molecular weight excluding hydrogens is 230 g/mol. The van der Waals surface area contributed by atoms with Crippen LogP contribution in [0, 0.1) is 11.3 Å². The number of nitrogens with one attached hydrogen (secondary N) is 1. The van der Waals surface area contributed by atoms with Crippen LogP contribution in [0.3, 0.4) is 0 Å². The third-order valence-corrected chi connectivity index (χ3v) is 3.13. The summed E-state index contributed by atoms with van der Waals surface area (Å²) in [7, 11) is 0. The molecule has 3 nitrogen and oxygen atoms in total. The summed E-state index contributed by atoms with van der Waals surface area (Å²) in [5.41, 5.74) is 1.69. The van der Waals surface area contributed by atoms with Crippen molar-refractivity contribution in [1.29, 1.82) is 5.26 Å². The van der Waals surface area contributed by atoms with Crippen LogP contribution in [0.1, 0.15) is 5.56 Å². The van der Waals surface area contributed by atoms with Gasteiger partial charge in [-0.25, -0.2) is 5.32 Å². The minimum absolute atomic E-state index is 0.680. The molecular formula is C13H8N3S+. The van der Waals surface area contributed by atoms with E-state index in [4.69, 9.17) is 17.5 Å². The zero-order valence-electron chi connectivity index (χ0n) is 8.84. The van der Waals surface area contributed by atoms with Crippen LogP contribution in [0.15, 0.2) is 36.4 Å². The molecule has 0 spiro atoms. The van der Waals surface area contributed by atoms with Crippen LogP contribution in [0.5, 0.6) is 0 Å². The zero-order valence-corrected chi connectivity index (χ0v) is 9.66. The van der Waals surface area contributed by atoms with Crippen LogP contribution >= 0.6 is 12.2 Å². The number of fused-ring (bicyclic) bond motifs is 1. The molecule has 0 radical (unpaired) electrons. The van der Waals surface area contributed by atoms with E-state index in [1.807, 2.05) is 47.3 Å². The average Bonchev–Trinajstić information content (AvgIpc) is 2.37. The van der Waals surface area contributed by atoms with E-state index in [0.717, 1.165) is 16.5 Å². The van der Waals surface area contributed by atoms with Crippen molar-refractivity contribution in [2.24, 2.45) is 0 Å². The van der Waals surface area contributed by atoms with E-state index in [1.165, 1.54) is 0 Å². The maximum absolute atomic E-state index is 9.08. The third-order valence-electron chi connectivity index (χ3n) is 2.82. The van der Waals surface area contributed by atoms with Gasteiger partial charge in [0.2, 0.25) is 0 Å². The number of rotatable bonds is 1. The number of benzene rings is 2. The lowest BCUT2D eigenvalue weighted by Gasteiger charge is -2.16. The third kappa shape index (κ3) is 1.41. The predicted molar refractivity (Wildman–Crippen MR) is 70.4 cm³/mol. The Bertz CT molecular complexity index is 710. The summed E-state index contributed by atoms with van der Waals surface area (Å²) in [6, 6.07) is 13.8. The van der Waals surface area contributed by atoms with Crippen molar-refractivity contribution >= 4 is 40.1 Å². The molecule has 0 saturated carbocycles. The second-order valence-corrected chi connectivity index (χ2v) is 4.12. The second-order valence-electron chi connectivity index (χ2n) is 3.74. The normalized spacial score (nSPS) is 13.6. The van der Waals surface area contributed by atoms with Crippen molar-refractivity contribution < 1.29 is 4.58 Å². The van der Waals surface area contributed by atoms with E-state index >= 15 is 0 Å². The monoisotopic (exact) mass is 238 g/mol. The number of thiocarbonyl (C=S) groups is 1. The van der Waals surface area contributed by atoms with Crippen molar-refractivity contribution in [3.63, 3.8) is 0 Å². The van der Waals surface area contributed by atoms with Crippen LogP contribution in [0.2, 0.25) is 0 Å². The van der Waals surface area contributed by atoms with Gasteiger partial charge in [-0.15, -0.1) is 0 Å². The molecule has 0 saturated heterocycles. The highest BCUT2D eigenvalue weighted by Crippen LogP contribution is 2.28. The summed E-state index contributed by atoms with van der Waals surface area (Å²) in [5.74, 6) is 0. The molecule has 0 amide bonds. The predicted octanol–water partition coefficient (Wildman–Crippen LogP) is 2.27. The molecule has 0 aliphatic carbocycles. The minimum Gasteiger partial charge on any atom is -0.242 e. The summed E-state index contributed by atoms with van der Waals surface area (Å²) in [5, 5.41) is 14.7. The number of hydrogen-bond acceptors (Lipinski definition) is 2. The smallest absolute Gasteiger partial charge is 0.242 e. The van der Waals surface area contributed by atoms with Crippen LogP contribution in [0.25, 0.3) is 10.8 Å². The molecule has 0 bridgehead atoms. The zero-order chi connectivity index (χ0) is 11.8. The van der Waals surface area contributed by atoms with Gasteiger partial charge in [0.05, 0.1) is 11.6 Å². The van der Waals surface area contributed by atoms with Gasteiger partial charge >= 0.3 is 5.11 Å². The number of nitrogens with zero attached hydrogens (tertiary/aromatic N) is 2. The van der Waals surface area contributed by atoms with Crippen molar-refractivity contribution in [3.8, 4) is 6.07 Å². The van der Waals surface area contributed by atoms with Gasteiger partial charge in [0.15, 0.2) is 6.34 Å². The molecule has 80 valence electrons. The first-order valence-corrected chi connectivity index (χ1v) is 5.57. The summed E-state index contributed by atoms with van der Waals surface area (Å²) < 4.78 is 1.90. The van der Waals surface area contributed by atoms with Gasteiger partial charge in [0.1, 0.15) is 5.69 Å². The van der Waals surface area contributed by atoms with Gasteiger partial charge in [0, 0.05) is 10.8 Å². The molecule has 0 fully saturated rings. The molecule has 3 rings (SSSR count). The summed E-state index contributed by atoms with van der Waals surface area (Å²) in [6.45, 7) is 0. The fourth-order valence-electron chi connectivity index (χ4n) is 1.95. The topological polar surface area (TPSA) is 38.8 Å². The highest BCUT2D eigenvalue weighted by Gasteiger charge is 2.21. The SMILES string of the molecule is N#Cc1ccc([N+]2=CNC2=S)c2ccccc12. The van der Waals surface area contributed by atoms with E-state index in [0.29, 0.717) is 10.7 Å². The Balaban J connectivity index is 2.36. The maximum atomic E-state index is 9.08. The fourth-order valence-corrected chi connectivity index (χ4v) is 2.16. The van der Waals surface area contributed by atoms with Gasteiger partial charge in [-0.1, -0.05) is 24.3 Å². The molecule has 1 heterocycles. The Kier molecular flexibility index (Phi) is 2.13. The Morgan fingerprint density at radius 3 is 2.47 bits per heavy atom. The van der Waals surface area contributed by atoms with E-state index in [1.54, 1.807) is 0 Å². The summed E-state index contributed by atoms with van der Waals surface area (Å²) in [4.78, 5) is 0. The molecule has 1 aliphatic rings. The first-order chi connectivity index (χ1) is 8.31. The molecule has 1 aliphatic heterocycles. The molecule has 2 aromatic carbocycles. The standard InChI is InChI=1S/C13H7N3S/c14-7-9-5-6-12(16-8-15-13(16)17)11-4-2-1-3-10(9)11/h1-6,8H/p+1. The van der Waals surface area contributed by atoms with E-state index in [9.17, 15) is 0 Å². The van der Waals surface area contributed by atoms with Crippen molar-refractivity contribution in [3.05, 3.63) is 42.0 Å². The van der Waals surface area contributed by atoms with E-state index < -0.39 is 0 Å². The lowest BCUT2D eigenvalue weighted by Crippen LogP contribution is -2.43. The van der Waals surface area contributed by atoms with Crippen LogP contribution in [0.4, 0.5) is 5.69 Å². The Morgan fingerprint density at radius 1 is 1.12 bits per heavy atom. The lowest BCUT2D eigenvalue weighted by atomic mass is 10.0. The fraction of sp³-hybridized carbons (Fsp3) is 0. The second kappa shape index (κ2) is 3.65. The van der Waals surface area contributed by atoms with Crippen LogP contribution < -0.4 is 5.32 Å². The highest BCUT2D eigenvalue weighted by molar-refractivity contribution is 7.80. The highest BCUT2D eigenvalue weighted by atomic mass is 32.1. The molecule has 1 N–H and O–H groups in total. The van der Waals surface area contributed by atoms with Crippen LogP contribution in [-0.2, 0) is 0 Å². The van der Waals surface area contributed by atoms with E-state index in [2.05, 4.69) is 11.4 Å². The van der Waals surface area contributed by atoms with Gasteiger partial charge in [-0.2, -0.15) is 9.84 Å². The molecule has 0 atom stereocenters. The number of nitriles is 1. The quantitative estimate of drug-likeness (QED) is 0.612. The van der Waals surface area contributed by atoms with Crippen molar-refractivity contribution in [2.45, 2.75) is 0 Å². The van der Waals surface area contributed by atoms with Crippen LogP contribution in [-0.4, -0.2) is 16.0 Å². The number of hydrogen-bond donors (Lipinski definition) is 1. The molecule has 0 unspecified atom stereocenters. The Hall–Kier alpha value is -2.25. The largest absolute Gasteiger partial charge is 0.301 e. The first kappa shape index (κ1) is 9.94. The van der Waals surface area contributed by atoms with Crippen molar-refractivity contribution in [2.75, 3.05) is 0 Å². The molecule has 0 aromatic heterocycles. The van der Waals surface area contributed by atoms with Gasteiger partial charge in [0.25, 0.3) is 0 Å². The van der Waals surface area contributed by atoms with Gasteiger partial charge in [-0.3, -0.25) is 0 Å². The maximum Gasteiger partial charge on any atom is 0.301 e. The molecule has 2 aromatic rings. The van der Waals surface area contributed by atoms with E-state index in [-0.39, 0.29) is 0 Å². The minimum atomic E-state index is 0.680. The average molecular weight is 238 g/mol. The van der Waals surface area contributed by atoms with Gasteiger partial charge in [-0.05, 0) is 24.4 Å². The molecule has 17 heavy (non-hydrogen) atoms. The Morgan fingerprint density at radius 2 is 1.88 bits per heavy atom. The first-order valence-electron chi connectivity index (χ1n) is 5.16. The van der Waals surface area contributed by atoms with Gasteiger partial charge < -0.3 is 0 Å². The summed E-state index contributed by atoms with van der Waals surface area (Å²) in [6.07, 6.45) is 1.82. The Labute approximate surface area is 104 Å². The molecule has 4 heteroatoms. The lowest BCUT2D eigenvalue weighted by molar-refractivity contribution is -0.320. The summed E-state index contributed by atoms with van der Waals surface area (Å²) >= 11 is 5.13. The van der Waals surface area contributed by atoms with Crippen molar-refractivity contribution in [1.82, 2.24) is 5.32 Å².